The molecule has 1 rings (SSSR count). The Morgan fingerprint density at radius 2 is 2.00 bits per heavy atom. The minimum atomic E-state index is -3.71. The van der Waals surface area contributed by atoms with Crippen molar-refractivity contribution in [3.8, 4) is 0 Å². The van der Waals surface area contributed by atoms with Crippen LogP contribution in [-0.2, 0) is 14.6 Å². The van der Waals surface area contributed by atoms with Gasteiger partial charge in [0.1, 0.15) is 5.75 Å². The van der Waals surface area contributed by atoms with Gasteiger partial charge < -0.3 is 10.6 Å². The zero-order chi connectivity index (χ0) is 14.8. The van der Waals surface area contributed by atoms with E-state index in [2.05, 4.69) is 0 Å². The Bertz CT molecular complexity index is 585. The van der Waals surface area contributed by atoms with Crippen LogP contribution in [0.1, 0.15) is 13.8 Å². The number of rotatable bonds is 4. The predicted octanol–water partition coefficient (Wildman–Crippen LogP) is 1.56. The molecule has 106 valence electrons. The first-order chi connectivity index (χ1) is 8.65. The third-order valence-corrected chi connectivity index (χ3v) is 4.74. The van der Waals surface area contributed by atoms with E-state index in [4.69, 9.17) is 17.3 Å². The maximum absolute atomic E-state index is 12.1. The van der Waals surface area contributed by atoms with Gasteiger partial charge in [0.25, 0.3) is 0 Å². The number of nitrogen functional groups attached to an aromatic ring is 1. The van der Waals surface area contributed by atoms with E-state index in [1.807, 2.05) is 13.8 Å². The molecule has 0 heterocycles. The van der Waals surface area contributed by atoms with Crippen molar-refractivity contribution >= 4 is 33.0 Å². The lowest BCUT2D eigenvalue weighted by molar-refractivity contribution is -0.128. The molecule has 0 aliphatic rings. The number of sulfone groups is 1. The second-order valence-corrected chi connectivity index (χ2v) is 6.94. The van der Waals surface area contributed by atoms with E-state index >= 15 is 0 Å². The molecule has 2 N–H and O–H groups in total. The first-order valence-corrected chi connectivity index (χ1v) is 7.71. The topological polar surface area (TPSA) is 80.5 Å². The molecule has 0 unspecified atom stereocenters. The van der Waals surface area contributed by atoms with Crippen molar-refractivity contribution in [3.63, 3.8) is 0 Å². The minimum absolute atomic E-state index is 0.00259. The van der Waals surface area contributed by atoms with Crippen LogP contribution in [0.15, 0.2) is 23.1 Å². The van der Waals surface area contributed by atoms with Crippen LogP contribution in [0.3, 0.4) is 0 Å². The molecule has 0 radical (unpaired) electrons. The summed E-state index contributed by atoms with van der Waals surface area (Å²) in [5, 5.41) is 0.158. The number of hydrogen-bond acceptors (Lipinski definition) is 4. The van der Waals surface area contributed by atoms with Gasteiger partial charge in [0, 0.05) is 13.1 Å². The normalized spacial score (nSPS) is 11.6. The van der Waals surface area contributed by atoms with Crippen molar-refractivity contribution in [1.29, 1.82) is 0 Å². The Hall–Kier alpha value is -1.27. The summed E-state index contributed by atoms with van der Waals surface area (Å²) in [6, 6.07) is 3.96. The molecule has 0 aliphatic heterocycles. The summed E-state index contributed by atoms with van der Waals surface area (Å²) in [7, 11) is -2.14. The lowest BCUT2D eigenvalue weighted by Crippen LogP contribution is -2.37. The Balaban J connectivity index is 2.99. The van der Waals surface area contributed by atoms with Gasteiger partial charge in [-0.1, -0.05) is 11.6 Å². The van der Waals surface area contributed by atoms with E-state index in [1.54, 1.807) is 7.05 Å². The number of carbonyl (C=O) groups is 1. The molecule has 1 amide bonds. The molecular formula is C12H17ClN2O3S. The van der Waals surface area contributed by atoms with Gasteiger partial charge in [-0.25, -0.2) is 8.42 Å². The maximum Gasteiger partial charge on any atom is 0.238 e. The molecule has 0 fully saturated rings. The van der Waals surface area contributed by atoms with E-state index in [1.165, 1.54) is 23.1 Å². The lowest BCUT2D eigenvalue weighted by atomic mass is 10.3. The van der Waals surface area contributed by atoms with Crippen LogP contribution < -0.4 is 5.73 Å². The first-order valence-electron chi connectivity index (χ1n) is 5.68. The average Bonchev–Trinajstić information content (AvgIpc) is 2.30. The molecule has 0 spiro atoms. The number of nitrogens with two attached hydrogens (primary N) is 1. The summed E-state index contributed by atoms with van der Waals surface area (Å²) in [5.41, 5.74) is 5.82. The number of nitrogens with zero attached hydrogens (tertiary/aromatic N) is 1. The van der Waals surface area contributed by atoms with Crippen LogP contribution >= 0.6 is 11.6 Å². The van der Waals surface area contributed by atoms with Gasteiger partial charge in [0.05, 0.1) is 15.6 Å². The van der Waals surface area contributed by atoms with Crippen LogP contribution in [0.5, 0.6) is 0 Å². The van der Waals surface area contributed by atoms with E-state index in [0.717, 1.165) is 0 Å². The summed E-state index contributed by atoms with van der Waals surface area (Å²) in [4.78, 5) is 13.2. The summed E-state index contributed by atoms with van der Waals surface area (Å²) >= 11 is 5.78. The van der Waals surface area contributed by atoms with Crippen molar-refractivity contribution in [2.75, 3.05) is 18.5 Å². The van der Waals surface area contributed by atoms with Gasteiger partial charge in [0.15, 0.2) is 9.84 Å². The smallest absolute Gasteiger partial charge is 0.238 e. The van der Waals surface area contributed by atoms with Crippen molar-refractivity contribution in [2.45, 2.75) is 24.8 Å². The van der Waals surface area contributed by atoms with Gasteiger partial charge >= 0.3 is 0 Å². The van der Waals surface area contributed by atoms with E-state index in [9.17, 15) is 13.2 Å². The predicted molar refractivity (Wildman–Crippen MR) is 75.8 cm³/mol. The van der Waals surface area contributed by atoms with Gasteiger partial charge in [0.2, 0.25) is 5.91 Å². The van der Waals surface area contributed by atoms with Crippen LogP contribution in [0.4, 0.5) is 5.69 Å². The number of hydrogen-bond donors (Lipinski definition) is 1. The summed E-state index contributed by atoms with van der Waals surface area (Å²) in [6.07, 6.45) is 0. The molecule has 1 aromatic carbocycles. The second-order valence-electron chi connectivity index (χ2n) is 4.54. The van der Waals surface area contributed by atoms with Crippen molar-refractivity contribution in [3.05, 3.63) is 23.2 Å². The highest BCUT2D eigenvalue weighted by molar-refractivity contribution is 7.92. The Morgan fingerprint density at radius 1 is 1.42 bits per heavy atom. The minimum Gasteiger partial charge on any atom is -0.398 e. The number of carbonyl (C=O) groups excluding carboxylic acids is 1. The van der Waals surface area contributed by atoms with Crippen LogP contribution in [0, 0.1) is 0 Å². The van der Waals surface area contributed by atoms with E-state index in [0.29, 0.717) is 5.69 Å². The SMILES string of the molecule is CC(C)N(C)C(=O)CS(=O)(=O)c1ccc(N)c(Cl)c1. The summed E-state index contributed by atoms with van der Waals surface area (Å²) < 4.78 is 24.2. The van der Waals surface area contributed by atoms with Crippen LogP contribution in [0.2, 0.25) is 5.02 Å². The van der Waals surface area contributed by atoms with E-state index < -0.39 is 21.5 Å². The zero-order valence-electron chi connectivity index (χ0n) is 11.1. The average molecular weight is 305 g/mol. The second kappa shape index (κ2) is 5.79. The Morgan fingerprint density at radius 3 is 2.47 bits per heavy atom. The Kier molecular flexibility index (Phi) is 4.81. The van der Waals surface area contributed by atoms with Crippen molar-refractivity contribution < 1.29 is 13.2 Å². The molecule has 5 nitrogen and oxygen atoms in total. The first kappa shape index (κ1) is 15.8. The van der Waals surface area contributed by atoms with Gasteiger partial charge in [-0.2, -0.15) is 0 Å². The maximum atomic E-state index is 12.1. The van der Waals surface area contributed by atoms with Crippen LogP contribution in [-0.4, -0.2) is 38.1 Å². The Labute approximate surface area is 118 Å². The molecule has 0 aliphatic carbocycles. The molecule has 7 heteroatoms. The summed E-state index contributed by atoms with van der Waals surface area (Å²) in [6.45, 7) is 3.62. The lowest BCUT2D eigenvalue weighted by Gasteiger charge is -2.21. The molecule has 19 heavy (non-hydrogen) atoms. The molecule has 0 saturated carbocycles. The standard InChI is InChI=1S/C12H17ClN2O3S/c1-8(2)15(3)12(16)7-19(17,18)9-4-5-11(14)10(13)6-9/h4-6,8H,7,14H2,1-3H3. The quantitative estimate of drug-likeness (QED) is 0.856. The third kappa shape index (κ3) is 3.84. The highest BCUT2D eigenvalue weighted by Gasteiger charge is 2.23. The number of benzene rings is 1. The van der Waals surface area contributed by atoms with Gasteiger partial charge in [-0.05, 0) is 32.0 Å². The molecule has 0 saturated heterocycles. The van der Waals surface area contributed by atoms with Crippen LogP contribution in [0.25, 0.3) is 0 Å². The van der Waals surface area contributed by atoms with Gasteiger partial charge in [-0.15, -0.1) is 0 Å². The monoisotopic (exact) mass is 304 g/mol. The highest BCUT2D eigenvalue weighted by atomic mass is 35.5. The molecule has 0 aromatic heterocycles. The van der Waals surface area contributed by atoms with E-state index in [-0.39, 0.29) is 16.0 Å². The third-order valence-electron chi connectivity index (χ3n) is 2.81. The fourth-order valence-electron chi connectivity index (χ4n) is 1.34. The zero-order valence-corrected chi connectivity index (χ0v) is 12.6. The molecule has 0 bridgehead atoms. The fourth-order valence-corrected chi connectivity index (χ4v) is 2.85. The van der Waals surface area contributed by atoms with Crippen molar-refractivity contribution in [2.24, 2.45) is 0 Å². The summed E-state index contributed by atoms with van der Waals surface area (Å²) in [5.74, 6) is -1.04. The molecule has 1 aromatic rings. The molecular weight excluding hydrogens is 288 g/mol. The number of amides is 1. The number of anilines is 1. The highest BCUT2D eigenvalue weighted by Crippen LogP contribution is 2.23. The largest absolute Gasteiger partial charge is 0.398 e. The number of halogens is 1. The van der Waals surface area contributed by atoms with Gasteiger partial charge in [-0.3, -0.25) is 4.79 Å². The van der Waals surface area contributed by atoms with Crippen molar-refractivity contribution in [1.82, 2.24) is 4.90 Å². The molecule has 0 atom stereocenters. The fraction of sp³-hybridized carbons (Fsp3) is 0.417.